The van der Waals surface area contributed by atoms with Crippen LogP contribution in [0.5, 0.6) is 0 Å². The smallest absolute Gasteiger partial charge is 0.320 e. The largest absolute Gasteiger partial charge is 0.480 e. The summed E-state index contributed by atoms with van der Waals surface area (Å²) >= 11 is 0. The van der Waals surface area contributed by atoms with Crippen LogP contribution in [0.25, 0.3) is 0 Å². The van der Waals surface area contributed by atoms with E-state index in [0.29, 0.717) is 6.54 Å². The molecular weight excluding hydrogens is 202 g/mol. The van der Waals surface area contributed by atoms with Crippen LogP contribution < -0.4 is 5.32 Å². The molecule has 0 spiro atoms. The second-order valence-electron chi connectivity index (χ2n) is 2.93. The molecule has 0 heterocycles. The molecule has 1 atom stereocenters. The monoisotopic (exact) mass is 215 g/mol. The van der Waals surface area contributed by atoms with Gasteiger partial charge in [0.15, 0.2) is 0 Å². The van der Waals surface area contributed by atoms with Gasteiger partial charge in [0, 0.05) is 6.54 Å². The summed E-state index contributed by atoms with van der Waals surface area (Å²) in [6.45, 7) is 2.22. The first-order chi connectivity index (χ1) is 6.20. The molecule has 1 aromatic rings. The van der Waals surface area contributed by atoms with Gasteiger partial charge in [0.2, 0.25) is 0 Å². The van der Waals surface area contributed by atoms with E-state index in [0.717, 1.165) is 5.56 Å². The summed E-state index contributed by atoms with van der Waals surface area (Å²) in [5.74, 6) is -0.823. The number of halogens is 1. The molecule has 0 saturated heterocycles. The van der Waals surface area contributed by atoms with E-state index in [-0.39, 0.29) is 12.4 Å². The summed E-state index contributed by atoms with van der Waals surface area (Å²) in [7, 11) is 0. The number of rotatable bonds is 4. The van der Waals surface area contributed by atoms with Gasteiger partial charge in [-0.1, -0.05) is 30.3 Å². The standard InChI is InChI=1S/C10H13NO2.ClH/c1-8(10(12)13)11-7-9-5-3-2-4-6-9;/h2-6,8,11H,7H2,1H3,(H,12,13);1H/t8-;/m1./s1. The molecule has 1 rings (SSSR count). The third-order valence-electron chi connectivity index (χ3n) is 1.83. The van der Waals surface area contributed by atoms with Crippen molar-refractivity contribution in [3.05, 3.63) is 35.9 Å². The van der Waals surface area contributed by atoms with Crippen molar-refractivity contribution in [2.24, 2.45) is 0 Å². The maximum Gasteiger partial charge on any atom is 0.320 e. The molecule has 78 valence electrons. The van der Waals surface area contributed by atoms with E-state index in [1.807, 2.05) is 30.3 Å². The lowest BCUT2D eigenvalue weighted by molar-refractivity contribution is -0.139. The highest BCUT2D eigenvalue weighted by atomic mass is 35.5. The Labute approximate surface area is 89.5 Å². The topological polar surface area (TPSA) is 49.3 Å². The van der Waals surface area contributed by atoms with Crippen molar-refractivity contribution in [3.63, 3.8) is 0 Å². The lowest BCUT2D eigenvalue weighted by Gasteiger charge is -2.08. The fourth-order valence-electron chi connectivity index (χ4n) is 0.954. The molecule has 0 saturated carbocycles. The van der Waals surface area contributed by atoms with Gasteiger partial charge in [0.05, 0.1) is 0 Å². The number of carbonyl (C=O) groups is 1. The maximum absolute atomic E-state index is 10.5. The second-order valence-corrected chi connectivity index (χ2v) is 2.93. The zero-order valence-corrected chi connectivity index (χ0v) is 8.75. The summed E-state index contributed by atoms with van der Waals surface area (Å²) in [5, 5.41) is 11.5. The van der Waals surface area contributed by atoms with Gasteiger partial charge in [-0.3, -0.25) is 4.79 Å². The van der Waals surface area contributed by atoms with E-state index in [2.05, 4.69) is 5.32 Å². The van der Waals surface area contributed by atoms with Gasteiger partial charge in [-0.2, -0.15) is 0 Å². The molecule has 3 nitrogen and oxygen atoms in total. The Kier molecular flexibility index (Phi) is 5.92. The van der Waals surface area contributed by atoms with Crippen molar-refractivity contribution in [3.8, 4) is 0 Å². The average Bonchev–Trinajstić information content (AvgIpc) is 2.15. The highest BCUT2D eigenvalue weighted by molar-refractivity contribution is 5.85. The minimum Gasteiger partial charge on any atom is -0.480 e. The normalized spacial score (nSPS) is 11.5. The third-order valence-corrected chi connectivity index (χ3v) is 1.83. The van der Waals surface area contributed by atoms with Crippen LogP contribution in [0, 0.1) is 0 Å². The Balaban J connectivity index is 0.00000169. The number of carboxylic acids is 1. The van der Waals surface area contributed by atoms with Crippen LogP contribution in [-0.2, 0) is 11.3 Å². The molecule has 0 aromatic heterocycles. The summed E-state index contributed by atoms with van der Waals surface area (Å²) < 4.78 is 0. The highest BCUT2D eigenvalue weighted by Crippen LogP contribution is 1.97. The van der Waals surface area contributed by atoms with E-state index in [4.69, 9.17) is 5.11 Å². The van der Waals surface area contributed by atoms with Crippen LogP contribution in [0.1, 0.15) is 12.5 Å². The Morgan fingerprint density at radius 3 is 2.50 bits per heavy atom. The van der Waals surface area contributed by atoms with E-state index in [1.165, 1.54) is 0 Å². The van der Waals surface area contributed by atoms with Gasteiger partial charge >= 0.3 is 5.97 Å². The Bertz CT molecular complexity index is 277. The predicted molar refractivity (Wildman–Crippen MR) is 57.6 cm³/mol. The van der Waals surface area contributed by atoms with Crippen molar-refractivity contribution in [2.45, 2.75) is 19.5 Å². The molecule has 0 aliphatic rings. The lowest BCUT2D eigenvalue weighted by atomic mass is 10.2. The van der Waals surface area contributed by atoms with Crippen molar-refractivity contribution < 1.29 is 9.90 Å². The third kappa shape index (κ3) is 4.25. The summed E-state index contributed by atoms with van der Waals surface area (Å²) in [4.78, 5) is 10.5. The number of nitrogens with one attached hydrogen (secondary N) is 1. The molecule has 0 radical (unpaired) electrons. The van der Waals surface area contributed by atoms with Gasteiger partial charge in [-0.25, -0.2) is 0 Å². The molecule has 0 unspecified atom stereocenters. The second kappa shape index (κ2) is 6.40. The van der Waals surface area contributed by atoms with E-state index in [1.54, 1.807) is 6.92 Å². The lowest BCUT2D eigenvalue weighted by Crippen LogP contribution is -2.33. The molecule has 4 heteroatoms. The van der Waals surface area contributed by atoms with E-state index >= 15 is 0 Å². The van der Waals surface area contributed by atoms with Gasteiger partial charge in [0.25, 0.3) is 0 Å². The van der Waals surface area contributed by atoms with E-state index in [9.17, 15) is 4.79 Å². The fourth-order valence-corrected chi connectivity index (χ4v) is 0.954. The minimum absolute atomic E-state index is 0. The van der Waals surface area contributed by atoms with Crippen LogP contribution in [-0.4, -0.2) is 17.1 Å². The van der Waals surface area contributed by atoms with Crippen molar-refractivity contribution in [1.29, 1.82) is 0 Å². The van der Waals surface area contributed by atoms with Crippen LogP contribution in [0.2, 0.25) is 0 Å². The molecular formula is C10H14ClNO2. The number of hydrogen-bond donors (Lipinski definition) is 2. The zero-order valence-electron chi connectivity index (χ0n) is 7.93. The molecule has 14 heavy (non-hydrogen) atoms. The van der Waals surface area contributed by atoms with Crippen molar-refractivity contribution >= 4 is 18.4 Å². The quantitative estimate of drug-likeness (QED) is 0.804. The number of aliphatic carboxylic acids is 1. The first-order valence-corrected chi connectivity index (χ1v) is 4.20. The van der Waals surface area contributed by atoms with E-state index < -0.39 is 12.0 Å². The Morgan fingerprint density at radius 1 is 1.43 bits per heavy atom. The van der Waals surface area contributed by atoms with Gasteiger partial charge < -0.3 is 10.4 Å². The molecule has 0 aliphatic heterocycles. The zero-order chi connectivity index (χ0) is 9.68. The van der Waals surface area contributed by atoms with Crippen molar-refractivity contribution in [1.82, 2.24) is 5.32 Å². The first-order valence-electron chi connectivity index (χ1n) is 4.20. The molecule has 0 aliphatic carbocycles. The molecule has 0 amide bonds. The average molecular weight is 216 g/mol. The van der Waals surface area contributed by atoms with Crippen LogP contribution >= 0.6 is 12.4 Å². The SMILES string of the molecule is C[C@@H](NCc1ccccc1)C(=O)O.Cl. The van der Waals surface area contributed by atoms with Crippen LogP contribution in [0.4, 0.5) is 0 Å². The predicted octanol–water partition coefficient (Wildman–Crippen LogP) is 1.67. The maximum atomic E-state index is 10.5. The molecule has 1 aromatic carbocycles. The number of hydrogen-bond acceptors (Lipinski definition) is 2. The van der Waals surface area contributed by atoms with Crippen LogP contribution in [0.15, 0.2) is 30.3 Å². The number of benzene rings is 1. The molecule has 2 N–H and O–H groups in total. The Morgan fingerprint density at radius 2 is 2.00 bits per heavy atom. The molecule has 0 fully saturated rings. The number of carboxylic acid groups (broad SMARTS) is 1. The van der Waals surface area contributed by atoms with Crippen LogP contribution in [0.3, 0.4) is 0 Å². The summed E-state index contributed by atoms with van der Waals surface area (Å²) in [6.07, 6.45) is 0. The fraction of sp³-hybridized carbons (Fsp3) is 0.300. The summed E-state index contributed by atoms with van der Waals surface area (Å²) in [6, 6.07) is 9.22. The molecule has 0 bridgehead atoms. The highest BCUT2D eigenvalue weighted by Gasteiger charge is 2.08. The van der Waals surface area contributed by atoms with Crippen molar-refractivity contribution in [2.75, 3.05) is 0 Å². The van der Waals surface area contributed by atoms with Gasteiger partial charge in [-0.15, -0.1) is 12.4 Å². The van der Waals surface area contributed by atoms with Gasteiger partial charge in [0.1, 0.15) is 6.04 Å². The minimum atomic E-state index is -0.823. The van der Waals surface area contributed by atoms with Gasteiger partial charge in [-0.05, 0) is 12.5 Å². The Hall–Kier alpha value is -1.06. The first kappa shape index (κ1) is 12.9. The summed E-state index contributed by atoms with van der Waals surface area (Å²) in [5.41, 5.74) is 1.09.